The maximum absolute atomic E-state index is 11.6. The fourth-order valence-electron chi connectivity index (χ4n) is 3.41. The van der Waals surface area contributed by atoms with E-state index in [1.54, 1.807) is 0 Å². The topological polar surface area (TPSA) is 115 Å². The van der Waals surface area contributed by atoms with Crippen molar-refractivity contribution in [1.29, 1.82) is 0 Å². The van der Waals surface area contributed by atoms with E-state index < -0.39 is 25.2 Å². The number of hydrogen-bond donors (Lipinski definition) is 4. The van der Waals surface area contributed by atoms with Gasteiger partial charge in [0, 0.05) is 0 Å². The van der Waals surface area contributed by atoms with Crippen LogP contribution in [0.5, 0.6) is 0 Å². The van der Waals surface area contributed by atoms with Gasteiger partial charge in [0.25, 0.3) is 0 Å². The Morgan fingerprint density at radius 2 is 1.64 bits per heavy atom. The number of rotatable bonds is 5. The van der Waals surface area contributed by atoms with Crippen molar-refractivity contribution in [3.05, 3.63) is 33.9 Å². The molecule has 6 nitrogen and oxygen atoms in total. The summed E-state index contributed by atoms with van der Waals surface area (Å²) < 4.78 is 0. The molecule has 0 heterocycles. The van der Waals surface area contributed by atoms with Gasteiger partial charge >= 0.3 is 11.9 Å². The van der Waals surface area contributed by atoms with Crippen molar-refractivity contribution >= 4 is 11.9 Å². The molecular formula is C16H20O6. The van der Waals surface area contributed by atoms with E-state index in [9.17, 15) is 30.0 Å². The third-order valence-corrected chi connectivity index (χ3v) is 4.34. The molecule has 0 radical (unpaired) electrons. The second kappa shape index (κ2) is 6.89. The lowest BCUT2D eigenvalue weighted by Crippen LogP contribution is -2.19. The Morgan fingerprint density at radius 3 is 2.09 bits per heavy atom. The number of aromatic carboxylic acids is 2. The van der Waals surface area contributed by atoms with Crippen LogP contribution in [0.25, 0.3) is 0 Å². The fourth-order valence-corrected chi connectivity index (χ4v) is 3.41. The van der Waals surface area contributed by atoms with Crippen molar-refractivity contribution in [2.45, 2.75) is 51.2 Å². The molecule has 6 heteroatoms. The molecule has 22 heavy (non-hydrogen) atoms. The maximum Gasteiger partial charge on any atom is 0.336 e. The van der Waals surface area contributed by atoms with Gasteiger partial charge in [-0.2, -0.15) is 0 Å². The summed E-state index contributed by atoms with van der Waals surface area (Å²) in [6.07, 6.45) is 4.56. The van der Waals surface area contributed by atoms with E-state index in [1.807, 2.05) is 0 Å². The number of carboxylic acid groups (broad SMARTS) is 2. The predicted octanol–water partition coefficient (Wildman–Crippen LogP) is 2.12. The average Bonchev–Trinajstić information content (AvgIpc) is 2.53. The summed E-state index contributed by atoms with van der Waals surface area (Å²) >= 11 is 0. The number of carboxylic acids is 2. The van der Waals surface area contributed by atoms with Crippen LogP contribution in [0.2, 0.25) is 0 Å². The first-order valence-corrected chi connectivity index (χ1v) is 7.38. The second-order valence-electron chi connectivity index (χ2n) is 5.61. The minimum Gasteiger partial charge on any atom is -0.478 e. The molecule has 1 aromatic carbocycles. The van der Waals surface area contributed by atoms with E-state index >= 15 is 0 Å². The van der Waals surface area contributed by atoms with E-state index in [0.29, 0.717) is 5.56 Å². The van der Waals surface area contributed by atoms with Crippen molar-refractivity contribution in [1.82, 2.24) is 0 Å². The zero-order chi connectivity index (χ0) is 16.3. The van der Waals surface area contributed by atoms with Crippen molar-refractivity contribution in [3.8, 4) is 0 Å². The monoisotopic (exact) mass is 308 g/mol. The van der Waals surface area contributed by atoms with Gasteiger partial charge in [0.2, 0.25) is 0 Å². The van der Waals surface area contributed by atoms with Crippen LogP contribution in [-0.4, -0.2) is 32.4 Å². The van der Waals surface area contributed by atoms with Gasteiger partial charge in [-0.25, -0.2) is 9.59 Å². The molecule has 1 aromatic rings. The molecule has 0 aromatic heterocycles. The largest absolute Gasteiger partial charge is 0.478 e. The first kappa shape index (κ1) is 16.5. The lowest BCUT2D eigenvalue weighted by Gasteiger charge is -2.27. The predicted molar refractivity (Wildman–Crippen MR) is 78.0 cm³/mol. The Morgan fingerprint density at radius 1 is 1.00 bits per heavy atom. The van der Waals surface area contributed by atoms with E-state index in [-0.39, 0.29) is 28.2 Å². The smallest absolute Gasteiger partial charge is 0.336 e. The van der Waals surface area contributed by atoms with Crippen LogP contribution < -0.4 is 0 Å². The van der Waals surface area contributed by atoms with Gasteiger partial charge in [-0.05, 0) is 41.5 Å². The van der Waals surface area contributed by atoms with Crippen molar-refractivity contribution in [2.75, 3.05) is 0 Å². The molecule has 120 valence electrons. The third-order valence-electron chi connectivity index (χ3n) is 4.34. The lowest BCUT2D eigenvalue weighted by atomic mass is 9.77. The molecule has 1 fully saturated rings. The Kier molecular flexibility index (Phi) is 5.15. The summed E-state index contributed by atoms with van der Waals surface area (Å²) in [6, 6.07) is 1.23. The molecule has 0 spiro atoms. The Bertz CT molecular complexity index is 587. The van der Waals surface area contributed by atoms with Gasteiger partial charge in [0.1, 0.15) is 0 Å². The Labute approximate surface area is 128 Å². The minimum atomic E-state index is -1.26. The Hall–Kier alpha value is -1.92. The third kappa shape index (κ3) is 2.98. The highest BCUT2D eigenvalue weighted by atomic mass is 16.4. The summed E-state index contributed by atoms with van der Waals surface area (Å²) in [4.78, 5) is 23.1. The first-order chi connectivity index (χ1) is 10.5. The first-order valence-electron chi connectivity index (χ1n) is 7.38. The highest BCUT2D eigenvalue weighted by Gasteiger charge is 2.29. The highest BCUT2D eigenvalue weighted by Crippen LogP contribution is 2.38. The minimum absolute atomic E-state index is 0.00926. The Balaban J connectivity index is 2.73. The fraction of sp³-hybridized carbons (Fsp3) is 0.500. The van der Waals surface area contributed by atoms with Crippen LogP contribution >= 0.6 is 0 Å². The lowest BCUT2D eigenvalue weighted by molar-refractivity contribution is 0.0673. The van der Waals surface area contributed by atoms with Crippen molar-refractivity contribution in [2.24, 2.45) is 0 Å². The summed E-state index contributed by atoms with van der Waals surface area (Å²) in [5, 5.41) is 37.9. The van der Waals surface area contributed by atoms with Crippen LogP contribution in [0, 0.1) is 0 Å². The average molecular weight is 308 g/mol. The molecule has 1 aliphatic rings. The SMILES string of the molecule is O=C(O)c1cc(CO)c(C(=O)O)c(CO)c1C1CCCCC1. The van der Waals surface area contributed by atoms with E-state index in [0.717, 1.165) is 32.1 Å². The molecule has 0 unspecified atom stereocenters. The van der Waals surface area contributed by atoms with Crippen LogP contribution in [0.15, 0.2) is 6.07 Å². The van der Waals surface area contributed by atoms with Crippen LogP contribution in [0.4, 0.5) is 0 Å². The summed E-state index contributed by atoms with van der Waals surface area (Å²) in [5.41, 5.74) is 0.390. The molecule has 0 saturated heterocycles. The summed E-state index contributed by atoms with van der Waals surface area (Å²) in [6.45, 7) is -1.14. The van der Waals surface area contributed by atoms with E-state index in [1.165, 1.54) is 6.07 Å². The molecule has 0 bridgehead atoms. The standard InChI is InChI=1S/C16H20O6/c17-7-10-6-11(15(19)20)13(9-4-2-1-3-5-9)12(8-18)14(10)16(21)22/h6,9,17-18H,1-5,7-8H2,(H,19,20)(H,21,22). The van der Waals surface area contributed by atoms with Gasteiger partial charge in [-0.1, -0.05) is 19.3 Å². The number of hydrogen-bond acceptors (Lipinski definition) is 4. The number of carbonyl (C=O) groups is 2. The summed E-state index contributed by atoms with van der Waals surface area (Å²) in [7, 11) is 0. The van der Waals surface area contributed by atoms with Gasteiger partial charge in [0.15, 0.2) is 0 Å². The van der Waals surface area contributed by atoms with E-state index in [2.05, 4.69) is 0 Å². The summed E-state index contributed by atoms with van der Waals surface area (Å²) in [5.74, 6) is -2.49. The molecule has 0 aliphatic heterocycles. The highest BCUT2D eigenvalue weighted by molar-refractivity contribution is 5.96. The van der Waals surface area contributed by atoms with Crippen LogP contribution in [0.3, 0.4) is 0 Å². The maximum atomic E-state index is 11.6. The number of benzene rings is 1. The second-order valence-corrected chi connectivity index (χ2v) is 5.61. The molecular weight excluding hydrogens is 288 g/mol. The zero-order valence-electron chi connectivity index (χ0n) is 12.2. The van der Waals surface area contributed by atoms with E-state index in [4.69, 9.17) is 0 Å². The zero-order valence-corrected chi connectivity index (χ0v) is 12.2. The van der Waals surface area contributed by atoms with Crippen molar-refractivity contribution < 1.29 is 30.0 Å². The molecule has 4 N–H and O–H groups in total. The molecule has 0 amide bonds. The van der Waals surface area contributed by atoms with Crippen LogP contribution in [0.1, 0.15) is 75.4 Å². The van der Waals surface area contributed by atoms with Gasteiger partial charge in [-0.3, -0.25) is 0 Å². The number of aliphatic hydroxyl groups excluding tert-OH is 2. The van der Waals surface area contributed by atoms with Crippen LogP contribution in [-0.2, 0) is 13.2 Å². The molecule has 1 aliphatic carbocycles. The van der Waals surface area contributed by atoms with Gasteiger partial charge in [-0.15, -0.1) is 0 Å². The quantitative estimate of drug-likeness (QED) is 0.662. The molecule has 2 rings (SSSR count). The molecule has 0 atom stereocenters. The number of aliphatic hydroxyl groups is 2. The van der Waals surface area contributed by atoms with Crippen molar-refractivity contribution in [3.63, 3.8) is 0 Å². The molecule has 1 saturated carbocycles. The van der Waals surface area contributed by atoms with Gasteiger partial charge < -0.3 is 20.4 Å². The normalized spacial score (nSPS) is 15.7. The van der Waals surface area contributed by atoms with Gasteiger partial charge in [0.05, 0.1) is 24.3 Å².